The van der Waals surface area contributed by atoms with E-state index in [1.807, 2.05) is 18.2 Å². The van der Waals surface area contributed by atoms with Gasteiger partial charge in [0.1, 0.15) is 24.0 Å². The summed E-state index contributed by atoms with van der Waals surface area (Å²) in [5, 5.41) is 0. The quantitative estimate of drug-likeness (QED) is 0.726. The maximum absolute atomic E-state index is 14.4. The molecule has 0 saturated carbocycles. The van der Waals surface area contributed by atoms with Gasteiger partial charge in [-0.2, -0.15) is 4.39 Å². The van der Waals surface area contributed by atoms with E-state index in [4.69, 9.17) is 24.9 Å². The zero-order valence-corrected chi connectivity index (χ0v) is 17.9. The molecule has 8 heteroatoms. The van der Waals surface area contributed by atoms with E-state index in [9.17, 15) is 4.39 Å². The van der Waals surface area contributed by atoms with E-state index in [1.165, 1.54) is 6.20 Å². The van der Waals surface area contributed by atoms with Crippen molar-refractivity contribution in [1.29, 1.82) is 0 Å². The maximum Gasteiger partial charge on any atom is 0.283 e. The molecular formula is C24H27FN4O3. The average molecular weight is 439 g/mol. The lowest BCUT2D eigenvalue weighted by atomic mass is 9.70. The third-order valence-corrected chi connectivity index (χ3v) is 7.45. The molecule has 1 aromatic heterocycles. The first-order valence-electron chi connectivity index (χ1n) is 11.4. The zero-order valence-electron chi connectivity index (χ0n) is 17.9. The fraction of sp³-hybridized carbons (Fsp3) is 0.500. The van der Waals surface area contributed by atoms with E-state index >= 15 is 0 Å². The summed E-state index contributed by atoms with van der Waals surface area (Å²) in [7, 11) is 0. The van der Waals surface area contributed by atoms with Crippen molar-refractivity contribution in [3.8, 4) is 16.9 Å². The van der Waals surface area contributed by atoms with Gasteiger partial charge >= 0.3 is 0 Å². The number of pyridine rings is 1. The second-order valence-electron chi connectivity index (χ2n) is 9.11. The summed E-state index contributed by atoms with van der Waals surface area (Å²) < 4.78 is 32.2. The Morgan fingerprint density at radius 1 is 1.16 bits per heavy atom. The molecule has 2 N–H and O–H groups in total. The minimum absolute atomic E-state index is 0.0396. The standard InChI is InChI=1S/C24H27FN4O3/c25-22-17(2-1-8-27-22)15-3-4-20-18(12-15)24(14-31-23(26)28-24)19-13-29(9-5-21(19)32-20)16-6-10-30-11-7-16/h1-4,8,12,16,19,21H,5-7,9-11,13-14H2,(H2,26,28)/t19-,21?,24+/m0/s1. The average Bonchev–Trinajstić information content (AvgIpc) is 3.22. The molecule has 1 aromatic carbocycles. The first kappa shape index (κ1) is 19.9. The molecule has 0 radical (unpaired) electrons. The van der Waals surface area contributed by atoms with Gasteiger partial charge in [0.2, 0.25) is 5.95 Å². The molecule has 32 heavy (non-hydrogen) atoms. The van der Waals surface area contributed by atoms with E-state index in [2.05, 4.69) is 9.88 Å². The summed E-state index contributed by atoms with van der Waals surface area (Å²) in [5.74, 6) is 0.382. The van der Waals surface area contributed by atoms with Crippen LogP contribution in [0, 0.1) is 11.9 Å². The monoisotopic (exact) mass is 438 g/mol. The Labute approximate surface area is 186 Å². The van der Waals surface area contributed by atoms with Gasteiger partial charge in [0.05, 0.1) is 0 Å². The first-order valence-corrected chi connectivity index (χ1v) is 11.4. The number of rotatable bonds is 2. The lowest BCUT2D eigenvalue weighted by Crippen LogP contribution is -2.59. The summed E-state index contributed by atoms with van der Waals surface area (Å²) in [6.07, 6.45) is 4.52. The Kier molecular flexibility index (Phi) is 4.80. The van der Waals surface area contributed by atoms with Gasteiger partial charge in [0.15, 0.2) is 0 Å². The summed E-state index contributed by atoms with van der Waals surface area (Å²) >= 11 is 0. The van der Waals surface area contributed by atoms with Crippen LogP contribution in [0.15, 0.2) is 41.5 Å². The SMILES string of the molecule is NC1=N[C@]2(CO1)c1cc(-c3cccnc3F)ccc1OC1CCN(C3CCOCC3)C[C@@H]12. The Morgan fingerprint density at radius 3 is 2.81 bits per heavy atom. The van der Waals surface area contributed by atoms with Crippen molar-refractivity contribution >= 4 is 6.02 Å². The molecule has 4 aliphatic heterocycles. The molecule has 1 spiro atoms. The van der Waals surface area contributed by atoms with Gasteiger partial charge in [-0.15, -0.1) is 0 Å². The predicted octanol–water partition coefficient (Wildman–Crippen LogP) is 2.69. The highest BCUT2D eigenvalue weighted by atomic mass is 19.1. The number of nitrogens with two attached hydrogens (primary N) is 1. The number of benzene rings is 1. The van der Waals surface area contributed by atoms with Crippen LogP contribution in [0.5, 0.6) is 5.75 Å². The van der Waals surface area contributed by atoms with E-state index in [0.717, 1.165) is 62.4 Å². The largest absolute Gasteiger partial charge is 0.490 e. The third-order valence-electron chi connectivity index (χ3n) is 7.45. The number of hydrogen-bond donors (Lipinski definition) is 1. The van der Waals surface area contributed by atoms with Crippen LogP contribution in [0.1, 0.15) is 24.8 Å². The van der Waals surface area contributed by atoms with Crippen molar-refractivity contribution in [1.82, 2.24) is 9.88 Å². The van der Waals surface area contributed by atoms with Crippen molar-refractivity contribution in [3.05, 3.63) is 48.0 Å². The lowest BCUT2D eigenvalue weighted by molar-refractivity contribution is -0.0521. The van der Waals surface area contributed by atoms with Crippen LogP contribution in [0.2, 0.25) is 0 Å². The predicted molar refractivity (Wildman–Crippen MR) is 117 cm³/mol. The van der Waals surface area contributed by atoms with Gasteiger partial charge in [-0.05, 0) is 49.1 Å². The van der Waals surface area contributed by atoms with Crippen LogP contribution in [0.3, 0.4) is 0 Å². The molecule has 0 amide bonds. The fourth-order valence-electron chi connectivity index (χ4n) is 5.81. The number of nitrogens with zero attached hydrogens (tertiary/aromatic N) is 3. The van der Waals surface area contributed by atoms with Crippen LogP contribution < -0.4 is 10.5 Å². The number of aliphatic imine (C=N–C) groups is 1. The molecule has 0 bridgehead atoms. The molecule has 3 atom stereocenters. The van der Waals surface area contributed by atoms with Gasteiger partial charge in [-0.1, -0.05) is 6.07 Å². The molecule has 7 nitrogen and oxygen atoms in total. The molecule has 5 heterocycles. The molecule has 0 aliphatic carbocycles. The second-order valence-corrected chi connectivity index (χ2v) is 9.11. The molecule has 2 saturated heterocycles. The number of amidine groups is 1. The van der Waals surface area contributed by atoms with Crippen LogP contribution in [0.25, 0.3) is 11.1 Å². The van der Waals surface area contributed by atoms with Gasteiger partial charge in [0.25, 0.3) is 6.02 Å². The van der Waals surface area contributed by atoms with Crippen molar-refractivity contribution < 1.29 is 18.6 Å². The second kappa shape index (κ2) is 7.71. The molecule has 1 unspecified atom stereocenters. The number of aromatic nitrogens is 1. The number of hydrogen-bond acceptors (Lipinski definition) is 7. The number of fused-ring (bicyclic) bond motifs is 4. The Balaban J connectivity index is 1.41. The van der Waals surface area contributed by atoms with Crippen molar-refractivity contribution in [2.45, 2.75) is 36.9 Å². The molecule has 4 aliphatic rings. The molecular weight excluding hydrogens is 411 g/mol. The fourth-order valence-corrected chi connectivity index (χ4v) is 5.81. The van der Waals surface area contributed by atoms with Crippen LogP contribution >= 0.6 is 0 Å². The minimum atomic E-state index is -0.638. The minimum Gasteiger partial charge on any atom is -0.490 e. The third kappa shape index (κ3) is 3.16. The van der Waals surface area contributed by atoms with E-state index < -0.39 is 11.5 Å². The Hall–Kier alpha value is -2.71. The normalized spacial score (nSPS) is 30.2. The van der Waals surface area contributed by atoms with Gasteiger partial charge in [-0.25, -0.2) is 9.98 Å². The number of ether oxygens (including phenoxy) is 3. The summed E-state index contributed by atoms with van der Waals surface area (Å²) in [6.45, 7) is 3.86. The van der Waals surface area contributed by atoms with Gasteiger partial charge in [-0.3, -0.25) is 4.90 Å². The molecule has 6 rings (SSSR count). The summed E-state index contributed by atoms with van der Waals surface area (Å²) in [4.78, 5) is 11.2. The highest BCUT2D eigenvalue weighted by Crippen LogP contribution is 2.51. The van der Waals surface area contributed by atoms with Gasteiger partial charge < -0.3 is 19.9 Å². The van der Waals surface area contributed by atoms with Crippen molar-refractivity contribution in [3.63, 3.8) is 0 Å². The van der Waals surface area contributed by atoms with Crippen molar-refractivity contribution in [2.75, 3.05) is 32.9 Å². The maximum atomic E-state index is 14.4. The van der Waals surface area contributed by atoms with Crippen molar-refractivity contribution in [2.24, 2.45) is 16.6 Å². The molecule has 2 aromatic rings. The highest BCUT2D eigenvalue weighted by Gasteiger charge is 2.56. The Bertz CT molecular complexity index is 1060. The molecule has 2 fully saturated rings. The van der Waals surface area contributed by atoms with E-state index in [1.54, 1.807) is 12.1 Å². The number of halogens is 1. The Morgan fingerprint density at radius 2 is 2.03 bits per heavy atom. The summed E-state index contributed by atoms with van der Waals surface area (Å²) in [6, 6.07) is 9.98. The smallest absolute Gasteiger partial charge is 0.283 e. The zero-order chi connectivity index (χ0) is 21.7. The first-order chi connectivity index (χ1) is 15.6. The topological polar surface area (TPSA) is 82.2 Å². The van der Waals surface area contributed by atoms with Crippen LogP contribution in [0.4, 0.5) is 4.39 Å². The number of piperidine rings is 1. The number of likely N-dealkylation sites (tertiary alicyclic amines) is 1. The van der Waals surface area contributed by atoms with Crippen LogP contribution in [-0.4, -0.2) is 61.0 Å². The van der Waals surface area contributed by atoms with Gasteiger partial charge in [0, 0.05) is 55.6 Å². The lowest BCUT2D eigenvalue weighted by Gasteiger charge is -2.50. The summed E-state index contributed by atoms with van der Waals surface area (Å²) in [5.41, 5.74) is 7.53. The van der Waals surface area contributed by atoms with E-state index in [0.29, 0.717) is 18.2 Å². The molecule has 168 valence electrons. The van der Waals surface area contributed by atoms with E-state index in [-0.39, 0.29) is 18.0 Å². The highest BCUT2D eigenvalue weighted by molar-refractivity contribution is 5.75. The van der Waals surface area contributed by atoms with Crippen LogP contribution in [-0.2, 0) is 15.0 Å².